The summed E-state index contributed by atoms with van der Waals surface area (Å²) in [6.45, 7) is 0. The van der Waals surface area contributed by atoms with Gasteiger partial charge in [-0.15, -0.1) is 11.3 Å². The van der Waals surface area contributed by atoms with E-state index in [9.17, 15) is 4.57 Å². The zero-order valence-corrected chi connectivity index (χ0v) is 20.8. The predicted octanol–water partition coefficient (Wildman–Crippen LogP) is 8.24. The molecular weight excluding hydrogens is 489 g/mol. The van der Waals surface area contributed by atoms with E-state index >= 15 is 0 Å². The smallest absolute Gasteiger partial charge is 0.414 e. The summed E-state index contributed by atoms with van der Waals surface area (Å²) >= 11 is 1.58. The number of nitrogens with zero attached hydrogens (tertiary/aromatic N) is 1. The number of rotatable bonds is 8. The minimum absolute atomic E-state index is 0.457. The van der Waals surface area contributed by atoms with Gasteiger partial charge in [-0.1, -0.05) is 54.6 Å². The Balaban J connectivity index is 1.50. The summed E-state index contributed by atoms with van der Waals surface area (Å²) in [5, 5.41) is 4.40. The minimum Gasteiger partial charge on any atom is -0.414 e. The van der Waals surface area contributed by atoms with Crippen LogP contribution in [0.4, 0.5) is 5.69 Å². The van der Waals surface area contributed by atoms with E-state index in [4.69, 9.17) is 9.05 Å². The molecule has 6 nitrogen and oxygen atoms in total. The fourth-order valence-corrected chi connectivity index (χ4v) is 6.73. The summed E-state index contributed by atoms with van der Waals surface area (Å²) in [7, 11) is -3.93. The SMILES string of the molecule is O=P(Oc1ccccc1)(Oc1ccccc1)C(Nc1ccc2scnc2c1)c1c[nH]c2ccccc12. The minimum atomic E-state index is -3.93. The number of nitrogens with one attached hydrogen (secondary N) is 2. The number of H-pyrrole nitrogens is 1. The maximum atomic E-state index is 14.9. The second-order valence-corrected chi connectivity index (χ2v) is 11.1. The standard InChI is InChI=1S/C28H22N3O3PS/c32-35(33-21-9-3-1-4-10-21,34-22-11-5-2-6-12-22)28(24-18-29-25-14-8-7-13-23(24)25)31-20-15-16-27-26(17-20)30-19-36-27/h1-19,28-29,31H. The zero-order chi connectivity index (χ0) is 24.4. The van der Waals surface area contributed by atoms with Gasteiger partial charge >= 0.3 is 7.60 Å². The maximum Gasteiger partial charge on any atom is 0.457 e. The van der Waals surface area contributed by atoms with E-state index in [-0.39, 0.29) is 0 Å². The van der Waals surface area contributed by atoms with Crippen molar-refractivity contribution >= 4 is 45.7 Å². The molecule has 0 spiro atoms. The lowest BCUT2D eigenvalue weighted by molar-refractivity contribution is 0.376. The number of hydrogen-bond donors (Lipinski definition) is 2. The third kappa shape index (κ3) is 4.47. The van der Waals surface area contributed by atoms with E-state index < -0.39 is 13.4 Å². The number of hydrogen-bond acceptors (Lipinski definition) is 6. The summed E-state index contributed by atoms with van der Waals surface area (Å²) < 4.78 is 28.4. The molecule has 2 N–H and O–H groups in total. The normalized spacial score (nSPS) is 12.4. The van der Waals surface area contributed by atoms with Crippen LogP contribution in [0.15, 0.2) is 115 Å². The van der Waals surface area contributed by atoms with Gasteiger partial charge in [-0.3, -0.25) is 0 Å². The molecule has 1 atom stereocenters. The number of thiazole rings is 1. The van der Waals surface area contributed by atoms with Crippen LogP contribution in [0, 0.1) is 0 Å². The Hall–Kier alpha value is -4.06. The van der Waals surface area contributed by atoms with Crippen molar-refractivity contribution in [3.8, 4) is 11.5 Å². The van der Waals surface area contributed by atoms with Crippen LogP contribution in [-0.4, -0.2) is 9.97 Å². The summed E-state index contributed by atoms with van der Waals surface area (Å²) in [5.74, 6) is 0.0851. The Morgan fingerprint density at radius 1 is 0.833 bits per heavy atom. The van der Waals surface area contributed by atoms with Crippen LogP contribution in [-0.2, 0) is 4.57 Å². The summed E-state index contributed by atoms with van der Waals surface area (Å²) in [4.78, 5) is 7.73. The summed E-state index contributed by atoms with van der Waals surface area (Å²) in [5.41, 5.74) is 5.15. The molecule has 0 fully saturated rings. The average molecular weight is 512 g/mol. The molecule has 6 rings (SSSR count). The molecule has 4 aromatic carbocycles. The first-order valence-corrected chi connectivity index (χ1v) is 13.9. The fraction of sp³-hybridized carbons (Fsp3) is 0.0357. The molecule has 8 heteroatoms. The van der Waals surface area contributed by atoms with Gasteiger partial charge in [0.25, 0.3) is 0 Å². The summed E-state index contributed by atoms with van der Waals surface area (Å²) in [6.07, 6.45) is 1.86. The third-order valence-corrected chi connectivity index (χ3v) is 8.60. The Bertz CT molecular complexity index is 1620. The molecule has 0 aliphatic heterocycles. The molecule has 0 saturated heterocycles. The second-order valence-electron chi connectivity index (χ2n) is 8.22. The van der Waals surface area contributed by atoms with Crippen molar-refractivity contribution in [3.63, 3.8) is 0 Å². The number of anilines is 1. The van der Waals surface area contributed by atoms with E-state index in [2.05, 4.69) is 15.3 Å². The Labute approximate surface area is 212 Å². The van der Waals surface area contributed by atoms with Crippen molar-refractivity contribution in [1.82, 2.24) is 9.97 Å². The molecule has 2 aromatic heterocycles. The fourth-order valence-electron chi connectivity index (χ4n) is 4.13. The molecule has 6 aromatic rings. The number of benzene rings is 4. The highest BCUT2D eigenvalue weighted by atomic mass is 32.1. The van der Waals surface area contributed by atoms with E-state index in [1.54, 1.807) is 35.6 Å². The van der Waals surface area contributed by atoms with Gasteiger partial charge in [-0.05, 0) is 48.5 Å². The number of fused-ring (bicyclic) bond motifs is 2. The number of aromatic nitrogens is 2. The first kappa shape index (κ1) is 22.4. The second kappa shape index (κ2) is 9.53. The van der Waals surface area contributed by atoms with Crippen LogP contribution >= 0.6 is 18.9 Å². The predicted molar refractivity (Wildman–Crippen MR) is 146 cm³/mol. The van der Waals surface area contributed by atoms with Crippen molar-refractivity contribution in [2.45, 2.75) is 5.78 Å². The lowest BCUT2D eigenvalue weighted by Crippen LogP contribution is -2.18. The lowest BCUT2D eigenvalue weighted by Gasteiger charge is -2.29. The van der Waals surface area contributed by atoms with Gasteiger partial charge in [0.05, 0.1) is 15.7 Å². The van der Waals surface area contributed by atoms with Gasteiger partial charge in [0.2, 0.25) is 0 Å². The maximum absolute atomic E-state index is 14.9. The lowest BCUT2D eigenvalue weighted by atomic mass is 10.1. The third-order valence-electron chi connectivity index (χ3n) is 5.82. The monoisotopic (exact) mass is 511 g/mol. The van der Waals surface area contributed by atoms with Crippen molar-refractivity contribution in [1.29, 1.82) is 0 Å². The number of para-hydroxylation sites is 3. The van der Waals surface area contributed by atoms with Crippen LogP contribution in [0.1, 0.15) is 11.3 Å². The zero-order valence-electron chi connectivity index (χ0n) is 19.1. The highest BCUT2D eigenvalue weighted by Crippen LogP contribution is 2.61. The van der Waals surface area contributed by atoms with Crippen molar-refractivity contribution in [2.75, 3.05) is 5.32 Å². The highest BCUT2D eigenvalue weighted by molar-refractivity contribution is 7.55. The van der Waals surface area contributed by atoms with Gasteiger partial charge in [-0.25, -0.2) is 9.55 Å². The molecule has 0 bridgehead atoms. The van der Waals surface area contributed by atoms with Crippen LogP contribution in [0.5, 0.6) is 11.5 Å². The Morgan fingerprint density at radius 3 is 2.22 bits per heavy atom. The molecule has 0 saturated carbocycles. The molecular formula is C28H22N3O3PS. The van der Waals surface area contributed by atoms with E-state index in [1.165, 1.54) is 0 Å². The molecule has 2 heterocycles. The molecule has 36 heavy (non-hydrogen) atoms. The molecule has 1 unspecified atom stereocenters. The van der Waals surface area contributed by atoms with Gasteiger partial charge in [0.15, 0.2) is 5.78 Å². The first-order chi connectivity index (χ1) is 17.7. The van der Waals surface area contributed by atoms with E-state index in [0.29, 0.717) is 11.5 Å². The van der Waals surface area contributed by atoms with Crippen LogP contribution in [0.25, 0.3) is 21.1 Å². The molecule has 0 aliphatic carbocycles. The molecule has 0 radical (unpaired) electrons. The van der Waals surface area contributed by atoms with Crippen LogP contribution in [0.2, 0.25) is 0 Å². The molecule has 178 valence electrons. The molecule has 0 aliphatic rings. The highest BCUT2D eigenvalue weighted by Gasteiger charge is 2.42. The van der Waals surface area contributed by atoms with Gasteiger partial charge < -0.3 is 19.3 Å². The van der Waals surface area contributed by atoms with Gasteiger partial charge in [0, 0.05) is 28.4 Å². The Morgan fingerprint density at radius 2 is 1.50 bits per heavy atom. The van der Waals surface area contributed by atoms with Crippen molar-refractivity contribution in [2.24, 2.45) is 0 Å². The van der Waals surface area contributed by atoms with E-state index in [1.807, 2.05) is 90.6 Å². The Kier molecular flexibility index (Phi) is 5.93. The van der Waals surface area contributed by atoms with Gasteiger partial charge in [0.1, 0.15) is 11.5 Å². The number of aromatic amines is 1. The van der Waals surface area contributed by atoms with Crippen molar-refractivity contribution < 1.29 is 13.6 Å². The first-order valence-electron chi connectivity index (χ1n) is 11.4. The topological polar surface area (TPSA) is 76.2 Å². The van der Waals surface area contributed by atoms with Gasteiger partial charge in [-0.2, -0.15) is 0 Å². The average Bonchev–Trinajstić information content (AvgIpc) is 3.55. The summed E-state index contributed by atoms with van der Waals surface area (Å²) in [6, 6.07) is 32.0. The quantitative estimate of drug-likeness (QED) is 0.201. The molecule has 0 amide bonds. The van der Waals surface area contributed by atoms with Crippen LogP contribution in [0.3, 0.4) is 0 Å². The van der Waals surface area contributed by atoms with E-state index in [0.717, 1.165) is 32.4 Å². The van der Waals surface area contributed by atoms with Crippen LogP contribution < -0.4 is 14.4 Å². The van der Waals surface area contributed by atoms with Crippen molar-refractivity contribution in [3.05, 3.63) is 120 Å². The largest absolute Gasteiger partial charge is 0.457 e.